The van der Waals surface area contributed by atoms with E-state index in [1.54, 1.807) is 0 Å². The van der Waals surface area contributed by atoms with Crippen molar-refractivity contribution in [3.63, 3.8) is 0 Å². The molecule has 0 saturated carbocycles. The van der Waals surface area contributed by atoms with Gasteiger partial charge in [0.05, 0.1) is 0 Å². The minimum Gasteiger partial charge on any atom is -0.0616 e. The maximum Gasteiger partial charge on any atom is -0.00000113 e. The molecule has 28 rings (SSSR count). The highest BCUT2D eigenvalue weighted by Gasteiger charge is 2.42. The second-order valence-corrected chi connectivity index (χ2v) is 27.5. The monoisotopic (exact) mass is 1120 g/mol. The summed E-state index contributed by atoms with van der Waals surface area (Å²) in [5.41, 5.74) is 16.5. The van der Waals surface area contributed by atoms with Crippen molar-refractivity contribution in [2.24, 2.45) is 0 Å². The lowest BCUT2D eigenvalue weighted by Crippen LogP contribution is -2.04. The van der Waals surface area contributed by atoms with Crippen molar-refractivity contribution in [1.29, 1.82) is 0 Å². The summed E-state index contributed by atoms with van der Waals surface area (Å²) in [6.07, 6.45) is 0. The molecule has 0 bridgehead atoms. The number of rotatable bonds is 0. The number of fused-ring (bicyclic) bond motifs is 27. The fourth-order valence-electron chi connectivity index (χ4n) is 22.0. The molecule has 0 radical (unpaired) electrons. The average Bonchev–Trinajstić information content (AvgIpc) is 0.888. The zero-order valence-corrected chi connectivity index (χ0v) is 47.8. The van der Waals surface area contributed by atoms with E-state index >= 15 is 0 Å². The van der Waals surface area contributed by atoms with Crippen molar-refractivity contribution in [3.05, 3.63) is 218 Å². The highest BCUT2D eigenvalue weighted by Crippen LogP contribution is 2.71. The third kappa shape index (κ3) is 3.83. The normalized spacial score (nSPS) is 14.0. The predicted molar refractivity (Wildman–Crippen MR) is 388 cm³/mol. The topological polar surface area (TPSA) is 0 Å². The zero-order chi connectivity index (χ0) is 56.6. The van der Waals surface area contributed by atoms with Gasteiger partial charge in [0.25, 0.3) is 0 Å². The Kier molecular flexibility index (Phi) is 6.08. The van der Waals surface area contributed by atoms with E-state index in [1.165, 1.54) is 293 Å². The standard InChI is InChI=1S/C90H36/c1-4-22-43-40(19-1)46-31-34-55-73-64(46)79-61(43)67-49-25-7-13-37-16-10-28-52(58(37)49)70(67)77-56-35-32-47-42-21-3-6-24-45(42)63-69-51-27-9-15-39-18-12-30-54(60(39)51)72(69)78-57-36-33-48-41-20-2-5-23-44(41)62-68-50-26-8-14-38-17-11-29-53(59(38)50)71(68)76(55)83-80(62)66(48)75(57)87-89(83)85(73)88(82(77)79)86-74(56)65(47)81(63)84(78)90(86)87/h1-36H. The first-order chi connectivity index (χ1) is 44.8. The summed E-state index contributed by atoms with van der Waals surface area (Å²) in [7, 11) is 0. The molecule has 0 N–H and O–H groups in total. The van der Waals surface area contributed by atoms with Crippen LogP contribution in [0.2, 0.25) is 0 Å². The van der Waals surface area contributed by atoms with E-state index in [1.807, 2.05) is 0 Å². The van der Waals surface area contributed by atoms with Gasteiger partial charge in [0.2, 0.25) is 0 Å². The maximum absolute atomic E-state index is 2.61. The van der Waals surface area contributed by atoms with Crippen LogP contribution >= 0.6 is 0 Å². The molecule has 0 atom stereocenters. The summed E-state index contributed by atoms with van der Waals surface area (Å²) < 4.78 is 0. The van der Waals surface area contributed by atoms with Gasteiger partial charge in [-0.3, -0.25) is 0 Å². The van der Waals surface area contributed by atoms with Crippen molar-refractivity contribution in [3.8, 4) is 66.8 Å². The van der Waals surface area contributed by atoms with Crippen LogP contribution in [0.4, 0.5) is 0 Å². The molecule has 25 aromatic rings. The molecule has 0 saturated heterocycles. The Balaban J connectivity index is 1.07. The summed E-state index contributed by atoms with van der Waals surface area (Å²) in [4.78, 5) is 0. The maximum atomic E-state index is 2.61. The zero-order valence-electron chi connectivity index (χ0n) is 47.8. The fourth-order valence-corrected chi connectivity index (χ4v) is 22.0. The van der Waals surface area contributed by atoms with Crippen LogP contribution in [0, 0.1) is 0 Å². The van der Waals surface area contributed by atoms with Crippen LogP contribution < -0.4 is 0 Å². The van der Waals surface area contributed by atoms with E-state index in [9.17, 15) is 0 Å². The molecular formula is C90H36. The third-order valence-electron chi connectivity index (χ3n) is 24.5. The smallest absolute Gasteiger partial charge is 0.00000113 e. The highest BCUT2D eigenvalue weighted by molar-refractivity contribution is 6.68. The van der Waals surface area contributed by atoms with Crippen LogP contribution in [-0.2, 0) is 0 Å². The van der Waals surface area contributed by atoms with Crippen LogP contribution in [0.5, 0.6) is 0 Å². The molecule has 0 aromatic heterocycles. The molecule has 0 fully saturated rings. The Morgan fingerprint density at radius 2 is 0.278 bits per heavy atom. The number of hydrogen-bond acceptors (Lipinski definition) is 0. The summed E-state index contributed by atoms with van der Waals surface area (Å²) in [5.74, 6) is 0. The largest absolute Gasteiger partial charge is 0.0616 e. The molecule has 0 aliphatic heterocycles. The Bertz CT molecular complexity index is 7120. The lowest BCUT2D eigenvalue weighted by Gasteiger charge is -2.33. The quantitative estimate of drug-likeness (QED) is 0.105. The molecule has 25 aromatic carbocycles. The Labute approximate surface area is 508 Å². The number of benzene rings is 25. The van der Waals surface area contributed by atoms with Gasteiger partial charge < -0.3 is 0 Å². The molecule has 0 unspecified atom stereocenters. The summed E-state index contributed by atoms with van der Waals surface area (Å²) in [6.45, 7) is 0. The first-order valence-corrected chi connectivity index (χ1v) is 32.2. The summed E-state index contributed by atoms with van der Waals surface area (Å²) >= 11 is 0. The molecule has 0 heteroatoms. The van der Waals surface area contributed by atoms with Gasteiger partial charge in [-0.05, 0) is 293 Å². The van der Waals surface area contributed by atoms with Gasteiger partial charge in [-0.25, -0.2) is 0 Å². The molecule has 0 amide bonds. The van der Waals surface area contributed by atoms with Gasteiger partial charge in [-0.15, -0.1) is 0 Å². The molecule has 0 heterocycles. The Morgan fingerprint density at radius 3 is 0.544 bits per heavy atom. The molecule has 0 spiro atoms. The Hall–Kier alpha value is -11.7. The van der Waals surface area contributed by atoms with Gasteiger partial charge in [0.1, 0.15) is 0 Å². The van der Waals surface area contributed by atoms with Gasteiger partial charge in [-0.1, -0.05) is 218 Å². The van der Waals surface area contributed by atoms with Crippen molar-refractivity contribution in [2.45, 2.75) is 0 Å². The number of hydrogen-bond donors (Lipinski definition) is 0. The van der Waals surface area contributed by atoms with Gasteiger partial charge in [0, 0.05) is 0 Å². The van der Waals surface area contributed by atoms with Crippen molar-refractivity contribution < 1.29 is 0 Å². The molecule has 3 aliphatic carbocycles. The summed E-state index contributed by atoms with van der Waals surface area (Å²) in [5, 5.41) is 58.6. The van der Waals surface area contributed by atoms with Crippen LogP contribution in [0.1, 0.15) is 0 Å². The van der Waals surface area contributed by atoms with Gasteiger partial charge in [0.15, 0.2) is 0 Å². The molecule has 396 valence electrons. The van der Waals surface area contributed by atoms with Crippen molar-refractivity contribution >= 4 is 226 Å². The molecule has 0 nitrogen and oxygen atoms in total. The molecular weight excluding hydrogens is 1080 g/mol. The summed E-state index contributed by atoms with van der Waals surface area (Å²) in [6, 6.07) is 86.9. The van der Waals surface area contributed by atoms with Gasteiger partial charge in [-0.2, -0.15) is 0 Å². The minimum atomic E-state index is 1.30. The third-order valence-corrected chi connectivity index (χ3v) is 24.5. The first-order valence-electron chi connectivity index (χ1n) is 32.2. The van der Waals surface area contributed by atoms with E-state index in [0.717, 1.165) is 0 Å². The van der Waals surface area contributed by atoms with E-state index < -0.39 is 0 Å². The second-order valence-electron chi connectivity index (χ2n) is 27.5. The van der Waals surface area contributed by atoms with Crippen LogP contribution in [0.3, 0.4) is 0 Å². The Morgan fingerprint density at radius 1 is 0.100 bits per heavy atom. The van der Waals surface area contributed by atoms with E-state index in [4.69, 9.17) is 0 Å². The minimum absolute atomic E-state index is 1.30. The molecule has 90 heavy (non-hydrogen) atoms. The SMILES string of the molecule is c1cc2c3c(cccc3c1)-c1c-2c2c3ccccc3c3ccc4c5c6c(c7c8ccccc8c8ccc9c%10c%11c(c%12c%13ccccc%13c%13ccc%14c1c1c2c3c4c2c1c1c%14c%13c%12c%10c1c1c9c8c7c5c21)-c1cccc2cccc-%11c12)-c1cccc2cccc-6c12. The van der Waals surface area contributed by atoms with Crippen LogP contribution in [0.15, 0.2) is 218 Å². The lowest BCUT2D eigenvalue weighted by molar-refractivity contribution is 1.78. The van der Waals surface area contributed by atoms with Crippen molar-refractivity contribution in [2.75, 3.05) is 0 Å². The van der Waals surface area contributed by atoms with Crippen LogP contribution in [0.25, 0.3) is 293 Å². The molecule has 3 aliphatic rings. The highest BCUT2D eigenvalue weighted by atomic mass is 14.4. The predicted octanol–water partition coefficient (Wildman–Crippen LogP) is 25.8. The van der Waals surface area contributed by atoms with Crippen molar-refractivity contribution in [1.82, 2.24) is 0 Å². The lowest BCUT2D eigenvalue weighted by atomic mass is 9.68. The van der Waals surface area contributed by atoms with Gasteiger partial charge >= 0.3 is 0 Å². The second kappa shape index (κ2) is 13.0. The average molecular weight is 1120 g/mol. The van der Waals surface area contributed by atoms with E-state index in [-0.39, 0.29) is 0 Å². The first kappa shape index (κ1) is 42.2. The fraction of sp³-hybridized carbons (Fsp3) is 0. The van der Waals surface area contributed by atoms with E-state index in [2.05, 4.69) is 218 Å². The van der Waals surface area contributed by atoms with E-state index in [0.29, 0.717) is 0 Å². The van der Waals surface area contributed by atoms with Crippen LogP contribution in [-0.4, -0.2) is 0 Å².